The van der Waals surface area contributed by atoms with Gasteiger partial charge in [-0.05, 0) is 160 Å². The number of furan rings is 1. The molecule has 0 saturated heterocycles. The van der Waals surface area contributed by atoms with Crippen molar-refractivity contribution in [3.8, 4) is 89.5 Å². The molecule has 0 unspecified atom stereocenters. The lowest BCUT2D eigenvalue weighted by atomic mass is 9.70. The molecule has 0 atom stereocenters. The summed E-state index contributed by atoms with van der Waals surface area (Å²) in [6.07, 6.45) is 17.9. The van der Waals surface area contributed by atoms with Crippen LogP contribution in [0.25, 0.3) is 132 Å². The summed E-state index contributed by atoms with van der Waals surface area (Å²) < 4.78 is 8.92. The highest BCUT2D eigenvalue weighted by atomic mass is 32.1. The van der Waals surface area contributed by atoms with Gasteiger partial charge in [-0.15, -0.1) is 11.3 Å². The minimum Gasteiger partial charge on any atom is -0.456 e. The molecule has 0 aliphatic heterocycles. The maximum absolute atomic E-state index is 6.41. The number of rotatable bonds is 21. The van der Waals surface area contributed by atoms with E-state index in [1.807, 2.05) is 11.3 Å². The predicted molar refractivity (Wildman–Crippen MR) is 372 cm³/mol. The van der Waals surface area contributed by atoms with E-state index in [4.69, 9.17) is 14.4 Å². The second-order valence-electron chi connectivity index (χ2n) is 24.8. The molecule has 4 heteroatoms. The number of benzene rings is 10. The van der Waals surface area contributed by atoms with Crippen molar-refractivity contribution in [3.05, 3.63) is 241 Å². The average Bonchev–Trinajstić information content (AvgIpc) is 1.65. The van der Waals surface area contributed by atoms with Crippen LogP contribution in [0.2, 0.25) is 0 Å². The summed E-state index contributed by atoms with van der Waals surface area (Å²) in [7, 11) is 0. The Labute approximate surface area is 517 Å². The van der Waals surface area contributed by atoms with Gasteiger partial charge >= 0.3 is 0 Å². The first-order chi connectivity index (χ1) is 42.8. The van der Waals surface area contributed by atoms with Crippen LogP contribution in [0.4, 0.5) is 0 Å². The van der Waals surface area contributed by atoms with E-state index >= 15 is 0 Å². The van der Waals surface area contributed by atoms with Gasteiger partial charge in [0.15, 0.2) is 5.82 Å². The zero-order valence-electron chi connectivity index (χ0n) is 50.9. The lowest BCUT2D eigenvalue weighted by molar-refractivity contribution is 0.398. The van der Waals surface area contributed by atoms with E-state index in [1.165, 1.54) is 177 Å². The minimum absolute atomic E-state index is 0.0358. The van der Waals surface area contributed by atoms with Crippen molar-refractivity contribution in [2.24, 2.45) is 0 Å². The van der Waals surface area contributed by atoms with Gasteiger partial charge in [0.25, 0.3) is 0 Å². The third-order valence-electron chi connectivity index (χ3n) is 18.8. The van der Waals surface area contributed by atoms with Crippen LogP contribution in [0.15, 0.2) is 223 Å². The smallest absolute Gasteiger partial charge is 0.160 e. The maximum atomic E-state index is 6.41. The van der Waals surface area contributed by atoms with Crippen molar-refractivity contribution in [3.63, 3.8) is 0 Å². The van der Waals surface area contributed by atoms with Crippen LogP contribution in [-0.2, 0) is 5.41 Å². The van der Waals surface area contributed by atoms with Gasteiger partial charge in [-0.2, -0.15) is 0 Å². The summed E-state index contributed by atoms with van der Waals surface area (Å²) in [5.74, 6) is 0.705. The van der Waals surface area contributed by atoms with Crippen molar-refractivity contribution in [2.45, 2.75) is 123 Å². The topological polar surface area (TPSA) is 38.9 Å². The molecule has 13 aromatic rings. The largest absolute Gasteiger partial charge is 0.456 e. The number of aromatic nitrogens is 2. The second-order valence-corrected chi connectivity index (χ2v) is 25.9. The summed E-state index contributed by atoms with van der Waals surface area (Å²) in [4.78, 5) is 10.6. The summed E-state index contributed by atoms with van der Waals surface area (Å²) in [5.41, 5.74) is 24.8. The molecule has 0 bridgehead atoms. The van der Waals surface area contributed by atoms with E-state index in [9.17, 15) is 0 Å². The van der Waals surface area contributed by atoms with Crippen LogP contribution >= 0.6 is 11.3 Å². The fraction of sp³-hybridized carbons (Fsp3) is 0.229. The Hall–Kier alpha value is -8.70. The van der Waals surface area contributed by atoms with E-state index in [-0.39, 0.29) is 5.41 Å². The molecule has 87 heavy (non-hydrogen) atoms. The fourth-order valence-electron chi connectivity index (χ4n) is 14.1. The quantitative estimate of drug-likeness (QED) is 0.0673. The Bertz CT molecular complexity index is 4600. The van der Waals surface area contributed by atoms with Crippen LogP contribution in [0, 0.1) is 13.8 Å². The fourth-order valence-corrected chi connectivity index (χ4v) is 15.2. The molecule has 1 aliphatic rings. The number of fused-ring (bicyclic) bond motifs is 9. The van der Waals surface area contributed by atoms with Gasteiger partial charge in [-0.25, -0.2) is 9.97 Å². The molecule has 10 aromatic carbocycles. The van der Waals surface area contributed by atoms with Gasteiger partial charge in [-0.3, -0.25) is 0 Å². The zero-order valence-corrected chi connectivity index (χ0v) is 51.7. The van der Waals surface area contributed by atoms with Gasteiger partial charge in [0, 0.05) is 53.1 Å². The van der Waals surface area contributed by atoms with E-state index < -0.39 is 0 Å². The predicted octanol–water partition coefficient (Wildman–Crippen LogP) is 24.8. The number of unbranched alkanes of at least 4 members (excludes halogenated alkanes) is 10. The number of thiophene rings is 1. The highest BCUT2D eigenvalue weighted by molar-refractivity contribution is 7.25. The van der Waals surface area contributed by atoms with Crippen molar-refractivity contribution in [2.75, 3.05) is 0 Å². The lowest BCUT2D eigenvalue weighted by Crippen LogP contribution is -2.25. The summed E-state index contributed by atoms with van der Waals surface area (Å²) >= 11 is 1.85. The molecule has 1 aliphatic carbocycles. The monoisotopic (exact) mass is 1150 g/mol. The summed E-state index contributed by atoms with van der Waals surface area (Å²) in [6.45, 7) is 9.08. The Balaban J connectivity index is 0.907. The molecule has 3 nitrogen and oxygen atoms in total. The molecule has 14 rings (SSSR count). The highest BCUT2D eigenvalue weighted by Crippen LogP contribution is 2.56. The van der Waals surface area contributed by atoms with Crippen LogP contribution in [0.5, 0.6) is 0 Å². The van der Waals surface area contributed by atoms with E-state index in [2.05, 4.69) is 246 Å². The summed E-state index contributed by atoms with van der Waals surface area (Å²) in [6, 6.07) is 81.5. The van der Waals surface area contributed by atoms with Crippen molar-refractivity contribution in [1.82, 2.24) is 9.97 Å². The Morgan fingerprint density at radius 3 is 1.56 bits per heavy atom. The molecule has 3 aromatic heterocycles. The van der Waals surface area contributed by atoms with Crippen LogP contribution in [0.3, 0.4) is 0 Å². The Morgan fingerprint density at radius 1 is 0.333 bits per heavy atom. The molecule has 0 N–H and O–H groups in total. The van der Waals surface area contributed by atoms with Crippen LogP contribution in [0.1, 0.15) is 126 Å². The lowest BCUT2D eigenvalue weighted by Gasteiger charge is -2.33. The van der Waals surface area contributed by atoms with Gasteiger partial charge in [0.2, 0.25) is 0 Å². The number of para-hydroxylation sites is 1. The van der Waals surface area contributed by atoms with Gasteiger partial charge in [-0.1, -0.05) is 254 Å². The SMILES string of the molecule is CCCCCCCCC1(CCCCCCCC)c2cc(C)ccc2-c2ccc(-c3cc(-c4cccc(-c5cc(-c6ccc(-c7ccc(C)cc7)cc6)nc(-c6ccccc6)n5)c4)cc(-c4ccc5sc6cc7oc8ccccc8c7cc6c5c4)c3)cc21. The normalized spacial score (nSPS) is 12.6. The van der Waals surface area contributed by atoms with Crippen molar-refractivity contribution >= 4 is 53.4 Å². The van der Waals surface area contributed by atoms with Crippen molar-refractivity contribution < 1.29 is 4.42 Å². The maximum Gasteiger partial charge on any atom is 0.160 e. The average molecular weight is 1150 g/mol. The molecule has 0 fully saturated rings. The van der Waals surface area contributed by atoms with E-state index in [1.54, 1.807) is 5.56 Å². The molecule has 0 spiro atoms. The summed E-state index contributed by atoms with van der Waals surface area (Å²) in [5, 5.41) is 4.85. The molecule has 0 radical (unpaired) electrons. The number of aryl methyl sites for hydroxylation is 2. The third-order valence-corrected chi connectivity index (χ3v) is 19.9. The molecule has 0 amide bonds. The molecule has 0 saturated carbocycles. The second kappa shape index (κ2) is 24.6. The first-order valence-corrected chi connectivity index (χ1v) is 33.0. The zero-order chi connectivity index (χ0) is 58.8. The Morgan fingerprint density at radius 2 is 0.851 bits per heavy atom. The van der Waals surface area contributed by atoms with Crippen molar-refractivity contribution in [1.29, 1.82) is 0 Å². The standard InChI is InChI=1S/C83H76N2OS/c1-5-7-9-11-13-20-43-83(44-21-14-12-10-8-6-2)74-45-56(4)31-40-68(74)69-41-38-63(51-75(69)83)67-48-65(47-66(49-67)62-39-42-80-72(50-62)73-52-71-70-27-18-19-28-78(70)86-79(71)54-81(73)87-80)61-25-22-26-64(46-61)77-53-76(84-82(85-77)60-23-16-15-17-24-60)59-36-34-58(35-37-59)57-32-29-55(3)30-33-57/h15-19,22-42,45-54H,5-14,20-21,43-44H2,1-4H3. The highest BCUT2D eigenvalue weighted by Gasteiger charge is 2.42. The van der Waals surface area contributed by atoms with Gasteiger partial charge in [0.1, 0.15) is 11.2 Å². The molecule has 430 valence electrons. The first kappa shape index (κ1) is 56.1. The molecular formula is C83H76N2OS. The number of hydrogen-bond acceptors (Lipinski definition) is 4. The van der Waals surface area contributed by atoms with Gasteiger partial charge < -0.3 is 4.42 Å². The molecule has 3 heterocycles. The first-order valence-electron chi connectivity index (χ1n) is 32.2. The third kappa shape index (κ3) is 11.3. The van der Waals surface area contributed by atoms with E-state index in [0.29, 0.717) is 5.82 Å². The Kier molecular flexibility index (Phi) is 15.9. The van der Waals surface area contributed by atoms with E-state index in [0.717, 1.165) is 55.6 Å². The van der Waals surface area contributed by atoms with Crippen LogP contribution in [-0.4, -0.2) is 9.97 Å². The van der Waals surface area contributed by atoms with Crippen LogP contribution < -0.4 is 0 Å². The van der Waals surface area contributed by atoms with Gasteiger partial charge in [0.05, 0.1) is 11.4 Å². The number of hydrogen-bond donors (Lipinski definition) is 0. The minimum atomic E-state index is -0.0358. The molecular weight excluding hydrogens is 1070 g/mol. The number of nitrogens with zero attached hydrogens (tertiary/aromatic N) is 2.